The van der Waals surface area contributed by atoms with Gasteiger partial charge in [0.15, 0.2) is 0 Å². The smallest absolute Gasteiger partial charge is 0.249 e. The first-order chi connectivity index (χ1) is 6.74. The molecule has 0 saturated heterocycles. The average molecular weight is 191 g/mol. The normalized spacial score (nSPS) is 7.93. The van der Waals surface area contributed by atoms with Gasteiger partial charge in [-0.1, -0.05) is 37.6 Å². The van der Waals surface area contributed by atoms with Gasteiger partial charge in [-0.25, -0.2) is 0 Å². The van der Waals surface area contributed by atoms with Crippen LogP contribution < -0.4 is 0 Å². The minimum absolute atomic E-state index is 0.424. The predicted octanol–water partition coefficient (Wildman–Crippen LogP) is 3.47. The number of carbonyl (C=O) groups excluding carboxylic acids is 1. The van der Waals surface area contributed by atoms with E-state index in [0.29, 0.717) is 5.56 Å². The van der Waals surface area contributed by atoms with Gasteiger partial charge in [-0.15, -0.1) is 0 Å². The third-order valence-corrected chi connectivity index (χ3v) is 1.40. The topological polar surface area (TPSA) is 65.8 Å². The number of benzene rings is 1. The summed E-state index contributed by atoms with van der Waals surface area (Å²) in [6, 6.07) is 6.91. The molecule has 4 heteroatoms. The summed E-state index contributed by atoms with van der Waals surface area (Å²) >= 11 is 0. The molecule has 1 amide bonds. The maximum Gasteiger partial charge on any atom is 0.249 e. The lowest BCUT2D eigenvalue weighted by Gasteiger charge is -1.94. The molecular formula is C10H13N3O. The van der Waals surface area contributed by atoms with Gasteiger partial charge < -0.3 is 0 Å². The second-order valence-electron chi connectivity index (χ2n) is 2.36. The Kier molecular flexibility index (Phi) is 5.83. The highest BCUT2D eigenvalue weighted by Gasteiger charge is 2.00. The van der Waals surface area contributed by atoms with Gasteiger partial charge >= 0.3 is 0 Å². The number of carbonyl (C=O) groups is 1. The maximum absolute atomic E-state index is 11.0. The molecule has 74 valence electrons. The minimum atomic E-state index is -0.541. The number of amides is 1. The molecular weight excluding hydrogens is 178 g/mol. The molecule has 0 aliphatic carbocycles. The number of rotatable bonds is 1. The molecule has 0 N–H and O–H groups in total. The first-order valence-corrected chi connectivity index (χ1v) is 4.40. The Hall–Kier alpha value is -1.80. The number of hydrogen-bond acceptors (Lipinski definition) is 1. The van der Waals surface area contributed by atoms with E-state index in [-0.39, 0.29) is 0 Å². The molecule has 0 fully saturated rings. The van der Waals surface area contributed by atoms with E-state index in [1.807, 2.05) is 26.8 Å². The molecule has 0 heterocycles. The van der Waals surface area contributed by atoms with Crippen molar-refractivity contribution in [3.8, 4) is 0 Å². The zero-order valence-electron chi connectivity index (χ0n) is 8.56. The van der Waals surface area contributed by atoms with Crippen molar-refractivity contribution >= 4 is 5.91 Å². The van der Waals surface area contributed by atoms with E-state index in [1.165, 1.54) is 0 Å². The van der Waals surface area contributed by atoms with Crippen molar-refractivity contribution in [2.24, 2.45) is 5.11 Å². The Morgan fingerprint density at radius 2 is 2.07 bits per heavy atom. The van der Waals surface area contributed by atoms with Gasteiger partial charge in [0.25, 0.3) is 0 Å². The van der Waals surface area contributed by atoms with Crippen LogP contribution in [0.3, 0.4) is 0 Å². The van der Waals surface area contributed by atoms with Crippen molar-refractivity contribution in [1.82, 2.24) is 0 Å². The van der Waals surface area contributed by atoms with Gasteiger partial charge in [0, 0.05) is 10.5 Å². The van der Waals surface area contributed by atoms with Gasteiger partial charge in [-0.2, -0.15) is 0 Å². The van der Waals surface area contributed by atoms with Crippen LogP contribution in [0.25, 0.3) is 10.4 Å². The van der Waals surface area contributed by atoms with E-state index in [1.54, 1.807) is 18.2 Å². The molecule has 0 unspecified atom stereocenters. The number of azide groups is 1. The van der Waals surface area contributed by atoms with Gasteiger partial charge in [0.2, 0.25) is 5.91 Å². The van der Waals surface area contributed by atoms with Gasteiger partial charge in [-0.3, -0.25) is 4.79 Å². The summed E-state index contributed by atoms with van der Waals surface area (Å²) in [5, 5.41) is 2.98. The first-order valence-electron chi connectivity index (χ1n) is 4.40. The van der Waals surface area contributed by atoms with Crippen LogP contribution in [0.5, 0.6) is 0 Å². The average Bonchev–Trinajstić information content (AvgIpc) is 2.21. The van der Waals surface area contributed by atoms with Crippen LogP contribution in [0.15, 0.2) is 29.4 Å². The van der Waals surface area contributed by atoms with E-state index in [0.717, 1.165) is 5.56 Å². The third kappa shape index (κ3) is 3.74. The van der Waals surface area contributed by atoms with Crippen LogP contribution in [0.1, 0.15) is 29.8 Å². The second kappa shape index (κ2) is 6.69. The molecule has 0 aliphatic rings. The Morgan fingerprint density at radius 1 is 1.43 bits per heavy atom. The number of hydrogen-bond donors (Lipinski definition) is 0. The van der Waals surface area contributed by atoms with Crippen molar-refractivity contribution in [2.45, 2.75) is 20.8 Å². The molecule has 0 atom stereocenters. The summed E-state index contributed by atoms with van der Waals surface area (Å²) in [7, 11) is 0. The molecule has 1 aromatic rings. The molecule has 0 aliphatic heterocycles. The highest BCUT2D eigenvalue weighted by Crippen LogP contribution is 2.05. The van der Waals surface area contributed by atoms with Crippen molar-refractivity contribution < 1.29 is 4.79 Å². The summed E-state index contributed by atoms with van der Waals surface area (Å²) in [5.74, 6) is -0.541. The van der Waals surface area contributed by atoms with E-state index in [9.17, 15) is 4.79 Å². The number of aryl methyl sites for hydroxylation is 1. The van der Waals surface area contributed by atoms with E-state index in [4.69, 9.17) is 5.53 Å². The van der Waals surface area contributed by atoms with Crippen LogP contribution in [0.2, 0.25) is 0 Å². The second-order valence-corrected chi connectivity index (χ2v) is 2.36. The summed E-state index contributed by atoms with van der Waals surface area (Å²) < 4.78 is 0. The van der Waals surface area contributed by atoms with Crippen LogP contribution in [0, 0.1) is 6.92 Å². The first kappa shape index (κ1) is 12.2. The van der Waals surface area contributed by atoms with Crippen LogP contribution >= 0.6 is 0 Å². The highest BCUT2D eigenvalue weighted by molar-refractivity contribution is 5.94. The molecule has 0 saturated carbocycles. The van der Waals surface area contributed by atoms with Gasteiger partial charge in [0.05, 0.1) is 0 Å². The summed E-state index contributed by atoms with van der Waals surface area (Å²) in [5.41, 5.74) is 9.40. The quantitative estimate of drug-likeness (QED) is 0.380. The molecule has 1 rings (SSSR count). The van der Waals surface area contributed by atoms with Gasteiger partial charge in [0.1, 0.15) is 0 Å². The molecule has 0 spiro atoms. The highest BCUT2D eigenvalue weighted by atomic mass is 16.1. The van der Waals surface area contributed by atoms with Crippen molar-refractivity contribution in [3.05, 3.63) is 45.8 Å². The summed E-state index contributed by atoms with van der Waals surface area (Å²) in [6.45, 7) is 5.87. The largest absolute Gasteiger partial charge is 0.287 e. The summed E-state index contributed by atoms with van der Waals surface area (Å²) in [6.07, 6.45) is 0. The van der Waals surface area contributed by atoms with Crippen molar-refractivity contribution in [3.63, 3.8) is 0 Å². The Morgan fingerprint density at radius 3 is 2.57 bits per heavy atom. The molecule has 0 radical (unpaired) electrons. The Bertz CT molecular complexity index is 354. The van der Waals surface area contributed by atoms with Crippen LogP contribution in [-0.4, -0.2) is 5.91 Å². The van der Waals surface area contributed by atoms with Crippen molar-refractivity contribution in [1.29, 1.82) is 0 Å². The standard InChI is InChI=1S/C8H7N3O.C2H6/c1-6-3-2-4-7(5-6)8(12)10-11-9;1-2/h2-5H,1H3;1-2H3. The molecule has 1 aromatic carbocycles. The fraction of sp³-hybridized carbons (Fsp3) is 0.300. The summed E-state index contributed by atoms with van der Waals surface area (Å²) in [4.78, 5) is 13.4. The monoisotopic (exact) mass is 191 g/mol. The minimum Gasteiger partial charge on any atom is -0.287 e. The van der Waals surface area contributed by atoms with E-state index < -0.39 is 5.91 Å². The maximum atomic E-state index is 11.0. The molecule has 0 bridgehead atoms. The fourth-order valence-electron chi connectivity index (χ4n) is 0.876. The Labute approximate surface area is 83.2 Å². The fourth-order valence-corrected chi connectivity index (χ4v) is 0.876. The lowest BCUT2D eigenvalue weighted by molar-refractivity contribution is 0.100. The SMILES string of the molecule is CC.Cc1cccc(C(=O)N=[N+]=[N-])c1. The zero-order valence-corrected chi connectivity index (χ0v) is 8.56. The molecule has 4 nitrogen and oxygen atoms in total. The van der Waals surface area contributed by atoms with Crippen LogP contribution in [-0.2, 0) is 0 Å². The Balaban J connectivity index is 0.000000791. The molecule has 0 aromatic heterocycles. The predicted molar refractivity (Wildman–Crippen MR) is 56.0 cm³/mol. The van der Waals surface area contributed by atoms with Gasteiger partial charge in [-0.05, 0) is 23.6 Å². The van der Waals surface area contributed by atoms with E-state index in [2.05, 4.69) is 10.0 Å². The van der Waals surface area contributed by atoms with E-state index >= 15 is 0 Å². The molecule has 14 heavy (non-hydrogen) atoms. The van der Waals surface area contributed by atoms with Crippen LogP contribution in [0.4, 0.5) is 0 Å². The zero-order chi connectivity index (χ0) is 11.0. The number of nitrogens with zero attached hydrogens (tertiary/aromatic N) is 3. The van der Waals surface area contributed by atoms with Crippen molar-refractivity contribution in [2.75, 3.05) is 0 Å². The lowest BCUT2D eigenvalue weighted by Crippen LogP contribution is -1.92. The lowest BCUT2D eigenvalue weighted by atomic mass is 10.1. The third-order valence-electron chi connectivity index (χ3n) is 1.40.